The van der Waals surface area contributed by atoms with Crippen LogP contribution in [0.15, 0.2) is 44.4 Å². The molecule has 3 amide bonds. The molecule has 1 aliphatic rings. The molecule has 1 aromatic carbocycles. The van der Waals surface area contributed by atoms with Gasteiger partial charge in [0.1, 0.15) is 21.3 Å². The third kappa shape index (κ3) is 9.11. The standard InChI is InChI=1S/C32H45N5O8S2/c1-20-17-37(21(2)19-38)31(39)26-16-25(33-32(40)34-30-23(4)35-45-24(30)5)12-13-27(26)44-22(3)10-7-8-14-43-28(20)18-36(6)47(41,42)29-11-9-15-46-29/h9,11-13,15-16,20-22,28,38H,7-8,10,14,17-19H2,1-6H3,(H2,33,34,40)/t20-,21-,22-,28-/m0/s1. The predicted octanol–water partition coefficient (Wildman–Crippen LogP) is 5.11. The number of likely N-dealkylation sites (N-methyl/N-ethyl adjacent to an activating group) is 1. The van der Waals surface area contributed by atoms with Crippen molar-refractivity contribution in [3.63, 3.8) is 0 Å². The van der Waals surface area contributed by atoms with E-state index in [0.29, 0.717) is 41.6 Å². The van der Waals surface area contributed by atoms with Gasteiger partial charge in [0.25, 0.3) is 15.9 Å². The third-order valence-electron chi connectivity index (χ3n) is 8.18. The summed E-state index contributed by atoms with van der Waals surface area (Å²) in [6.45, 7) is 9.33. The summed E-state index contributed by atoms with van der Waals surface area (Å²) in [5, 5.41) is 21.3. The summed E-state index contributed by atoms with van der Waals surface area (Å²) < 4.78 is 45.7. The topological polar surface area (TPSA) is 164 Å². The lowest BCUT2D eigenvalue weighted by atomic mass is 10.0. The number of sulfonamides is 1. The second-order valence-electron chi connectivity index (χ2n) is 12.0. The third-order valence-corrected chi connectivity index (χ3v) is 11.4. The van der Waals surface area contributed by atoms with Crippen LogP contribution in [0.25, 0.3) is 0 Å². The SMILES string of the molecule is Cc1noc(C)c1NC(=O)Nc1ccc2c(c1)C(=O)N([C@@H](C)CO)C[C@H](C)[C@H](CN(C)S(=O)(=O)c1cccs1)OCCCC[C@H](C)O2. The van der Waals surface area contributed by atoms with E-state index in [1.54, 1.807) is 61.4 Å². The van der Waals surface area contributed by atoms with E-state index in [1.807, 2.05) is 13.8 Å². The number of carbonyl (C=O) groups is 2. The highest BCUT2D eigenvalue weighted by Crippen LogP contribution is 2.29. The average molecular weight is 692 g/mol. The van der Waals surface area contributed by atoms with Gasteiger partial charge in [0.15, 0.2) is 5.76 Å². The molecule has 0 saturated carbocycles. The fraction of sp³-hybridized carbons (Fsp3) is 0.531. The molecule has 0 spiro atoms. The number of rotatable bonds is 8. The molecule has 3 aromatic rings. The molecule has 0 radical (unpaired) electrons. The van der Waals surface area contributed by atoms with Gasteiger partial charge in [-0.05, 0) is 76.6 Å². The minimum absolute atomic E-state index is 0.0847. The molecule has 0 fully saturated rings. The summed E-state index contributed by atoms with van der Waals surface area (Å²) in [5.74, 6) is 0.0847. The van der Waals surface area contributed by atoms with Crippen LogP contribution in [0, 0.1) is 19.8 Å². The Morgan fingerprint density at radius 1 is 1.21 bits per heavy atom. The number of thiophene rings is 1. The molecule has 258 valence electrons. The highest BCUT2D eigenvalue weighted by Gasteiger charge is 2.32. The summed E-state index contributed by atoms with van der Waals surface area (Å²) in [6, 6.07) is 7.00. The smallest absolute Gasteiger partial charge is 0.323 e. The van der Waals surface area contributed by atoms with Gasteiger partial charge in [-0.25, -0.2) is 13.2 Å². The van der Waals surface area contributed by atoms with Gasteiger partial charge >= 0.3 is 6.03 Å². The van der Waals surface area contributed by atoms with E-state index in [9.17, 15) is 23.1 Å². The molecule has 13 nitrogen and oxygen atoms in total. The minimum atomic E-state index is -3.72. The molecule has 2 aromatic heterocycles. The Bertz CT molecular complexity index is 1590. The van der Waals surface area contributed by atoms with Crippen molar-refractivity contribution in [2.24, 2.45) is 5.92 Å². The van der Waals surface area contributed by atoms with Gasteiger partial charge in [-0.2, -0.15) is 4.31 Å². The highest BCUT2D eigenvalue weighted by molar-refractivity contribution is 7.91. The largest absolute Gasteiger partial charge is 0.490 e. The zero-order valence-electron chi connectivity index (χ0n) is 27.7. The van der Waals surface area contributed by atoms with E-state index >= 15 is 0 Å². The van der Waals surface area contributed by atoms with Gasteiger partial charge < -0.3 is 34.6 Å². The Morgan fingerprint density at radius 3 is 2.64 bits per heavy atom. The fourth-order valence-electron chi connectivity index (χ4n) is 5.32. The molecule has 15 heteroatoms. The summed E-state index contributed by atoms with van der Waals surface area (Å²) in [7, 11) is -2.19. The predicted molar refractivity (Wildman–Crippen MR) is 180 cm³/mol. The molecule has 4 atom stereocenters. The van der Waals surface area contributed by atoms with Gasteiger partial charge in [0.05, 0.1) is 30.4 Å². The number of fused-ring (bicyclic) bond motifs is 1. The average Bonchev–Trinajstić information content (AvgIpc) is 3.69. The lowest BCUT2D eigenvalue weighted by molar-refractivity contribution is -0.00832. The molecule has 0 saturated heterocycles. The number of nitrogens with one attached hydrogen (secondary N) is 2. The molecular formula is C32H45N5O8S2. The van der Waals surface area contributed by atoms with Crippen LogP contribution >= 0.6 is 11.3 Å². The zero-order chi connectivity index (χ0) is 34.3. The number of amides is 3. The van der Waals surface area contributed by atoms with Crippen LogP contribution in [-0.2, 0) is 14.8 Å². The molecule has 0 unspecified atom stereocenters. The number of benzene rings is 1. The number of carbonyl (C=O) groups excluding carboxylic acids is 2. The van der Waals surface area contributed by atoms with Crippen molar-refractivity contribution in [1.82, 2.24) is 14.4 Å². The number of nitrogens with zero attached hydrogens (tertiary/aromatic N) is 3. The van der Waals surface area contributed by atoms with E-state index in [2.05, 4.69) is 15.8 Å². The maximum atomic E-state index is 14.3. The molecular weight excluding hydrogens is 647 g/mol. The first-order valence-corrected chi connectivity index (χ1v) is 18.0. The van der Waals surface area contributed by atoms with E-state index in [1.165, 1.54) is 11.4 Å². The normalized spacial score (nSPS) is 20.6. The summed E-state index contributed by atoms with van der Waals surface area (Å²) in [6.07, 6.45) is 1.47. The summed E-state index contributed by atoms with van der Waals surface area (Å²) in [4.78, 5) is 28.8. The second-order valence-corrected chi connectivity index (χ2v) is 15.2. The molecule has 3 heterocycles. The van der Waals surface area contributed by atoms with Gasteiger partial charge in [0, 0.05) is 38.3 Å². The van der Waals surface area contributed by atoms with Crippen LogP contribution in [0.2, 0.25) is 0 Å². The number of urea groups is 1. The zero-order valence-corrected chi connectivity index (χ0v) is 29.3. The first-order valence-electron chi connectivity index (χ1n) is 15.7. The number of anilines is 2. The number of hydrogen-bond donors (Lipinski definition) is 3. The minimum Gasteiger partial charge on any atom is -0.490 e. The number of aryl methyl sites for hydroxylation is 2. The van der Waals surface area contributed by atoms with Crippen LogP contribution in [0.1, 0.15) is 61.8 Å². The van der Waals surface area contributed by atoms with Crippen LogP contribution < -0.4 is 15.4 Å². The Kier molecular flexibility index (Phi) is 12.4. The van der Waals surface area contributed by atoms with Crippen LogP contribution in [0.5, 0.6) is 5.75 Å². The van der Waals surface area contributed by atoms with E-state index in [0.717, 1.165) is 24.2 Å². The van der Waals surface area contributed by atoms with Gasteiger partial charge in [0.2, 0.25) is 0 Å². The van der Waals surface area contributed by atoms with E-state index < -0.39 is 34.1 Å². The Hall–Kier alpha value is -3.50. The second kappa shape index (κ2) is 16.1. The van der Waals surface area contributed by atoms with Crippen molar-refractivity contribution in [2.45, 2.75) is 76.3 Å². The lowest BCUT2D eigenvalue weighted by Crippen LogP contribution is -2.48. The maximum absolute atomic E-state index is 14.3. The number of aromatic nitrogens is 1. The Morgan fingerprint density at radius 2 is 1.98 bits per heavy atom. The quantitative estimate of drug-likeness (QED) is 0.291. The van der Waals surface area contributed by atoms with Crippen LogP contribution in [0.3, 0.4) is 0 Å². The lowest BCUT2D eigenvalue weighted by Gasteiger charge is -2.35. The number of aliphatic hydroxyl groups is 1. The van der Waals surface area contributed by atoms with Crippen molar-refractivity contribution < 1.29 is 37.1 Å². The summed E-state index contributed by atoms with van der Waals surface area (Å²) in [5.41, 5.74) is 1.55. The number of hydrogen-bond acceptors (Lipinski definition) is 10. The van der Waals surface area contributed by atoms with Crippen molar-refractivity contribution in [2.75, 3.05) is 44.0 Å². The van der Waals surface area contributed by atoms with Crippen molar-refractivity contribution in [1.29, 1.82) is 0 Å². The molecule has 3 N–H and O–H groups in total. The first-order chi connectivity index (χ1) is 22.3. The summed E-state index contributed by atoms with van der Waals surface area (Å²) >= 11 is 1.15. The van der Waals surface area contributed by atoms with Crippen molar-refractivity contribution in [3.05, 3.63) is 52.7 Å². The highest BCUT2D eigenvalue weighted by atomic mass is 32.2. The van der Waals surface area contributed by atoms with Gasteiger partial charge in [-0.1, -0.05) is 18.1 Å². The maximum Gasteiger partial charge on any atom is 0.323 e. The van der Waals surface area contributed by atoms with E-state index in [4.69, 9.17) is 14.0 Å². The van der Waals surface area contributed by atoms with Crippen LogP contribution in [0.4, 0.5) is 16.2 Å². The fourth-order valence-corrected chi connectivity index (χ4v) is 7.70. The molecule has 1 aliphatic heterocycles. The van der Waals surface area contributed by atoms with Gasteiger partial charge in [-0.15, -0.1) is 11.3 Å². The molecule has 0 bridgehead atoms. The molecule has 4 rings (SSSR count). The monoisotopic (exact) mass is 691 g/mol. The van der Waals surface area contributed by atoms with Crippen molar-refractivity contribution >= 4 is 44.7 Å². The number of ether oxygens (including phenoxy) is 2. The van der Waals surface area contributed by atoms with E-state index in [-0.39, 0.29) is 41.5 Å². The molecule has 47 heavy (non-hydrogen) atoms. The Balaban J connectivity index is 1.63. The molecule has 0 aliphatic carbocycles. The van der Waals surface area contributed by atoms with Crippen LogP contribution in [-0.4, -0.2) is 91.4 Å². The van der Waals surface area contributed by atoms with Gasteiger partial charge in [-0.3, -0.25) is 4.79 Å². The number of aliphatic hydroxyl groups excluding tert-OH is 1. The van der Waals surface area contributed by atoms with Crippen molar-refractivity contribution in [3.8, 4) is 5.75 Å². The first kappa shape index (κ1) is 36.3. The Labute approximate surface area is 280 Å².